The monoisotopic (exact) mass is 181 g/mol. The van der Waals surface area contributed by atoms with Crippen LogP contribution in [0.2, 0.25) is 0 Å². The minimum absolute atomic E-state index is 0.368. The van der Waals surface area contributed by atoms with Gasteiger partial charge in [-0.05, 0) is 12.8 Å². The SMILES string of the molecule is COC(=O)c1nnn(C)c1C1CC1. The van der Waals surface area contributed by atoms with Crippen LogP contribution in [0.1, 0.15) is 34.9 Å². The van der Waals surface area contributed by atoms with E-state index in [9.17, 15) is 4.79 Å². The van der Waals surface area contributed by atoms with Gasteiger partial charge in [0.05, 0.1) is 12.8 Å². The van der Waals surface area contributed by atoms with E-state index in [0.29, 0.717) is 11.6 Å². The van der Waals surface area contributed by atoms with Gasteiger partial charge in [0.1, 0.15) is 0 Å². The van der Waals surface area contributed by atoms with Crippen molar-refractivity contribution in [1.29, 1.82) is 0 Å². The zero-order chi connectivity index (χ0) is 9.42. The van der Waals surface area contributed by atoms with Gasteiger partial charge in [-0.1, -0.05) is 5.21 Å². The molecule has 0 unspecified atom stereocenters. The maximum atomic E-state index is 11.2. The lowest BCUT2D eigenvalue weighted by Gasteiger charge is -1.99. The number of hydrogen-bond acceptors (Lipinski definition) is 4. The van der Waals surface area contributed by atoms with E-state index >= 15 is 0 Å². The molecule has 1 heterocycles. The Bertz CT molecular complexity index is 341. The molecule has 1 saturated carbocycles. The van der Waals surface area contributed by atoms with Crippen LogP contribution in [-0.4, -0.2) is 28.1 Å². The van der Waals surface area contributed by atoms with Crippen molar-refractivity contribution < 1.29 is 9.53 Å². The van der Waals surface area contributed by atoms with Gasteiger partial charge < -0.3 is 4.74 Å². The van der Waals surface area contributed by atoms with Crippen LogP contribution in [0.15, 0.2) is 0 Å². The lowest BCUT2D eigenvalue weighted by molar-refractivity contribution is 0.0592. The van der Waals surface area contributed by atoms with Gasteiger partial charge in [-0.2, -0.15) is 0 Å². The zero-order valence-electron chi connectivity index (χ0n) is 7.65. The van der Waals surface area contributed by atoms with E-state index in [0.717, 1.165) is 18.5 Å². The third kappa shape index (κ3) is 1.30. The Labute approximate surface area is 75.7 Å². The largest absolute Gasteiger partial charge is 0.464 e. The molecule has 0 aromatic carbocycles. The highest BCUT2D eigenvalue weighted by molar-refractivity contribution is 5.88. The molecule has 0 aliphatic heterocycles. The van der Waals surface area contributed by atoms with Crippen LogP contribution in [0, 0.1) is 0 Å². The summed E-state index contributed by atoms with van der Waals surface area (Å²) in [5.41, 5.74) is 1.28. The lowest BCUT2D eigenvalue weighted by atomic mass is 10.2. The highest BCUT2D eigenvalue weighted by atomic mass is 16.5. The molecule has 0 spiro atoms. The number of nitrogens with zero attached hydrogens (tertiary/aromatic N) is 3. The molecule has 0 amide bonds. The number of carbonyl (C=O) groups excluding carboxylic acids is 1. The number of rotatable bonds is 2. The Balaban J connectivity index is 2.39. The summed E-state index contributed by atoms with van der Waals surface area (Å²) in [6, 6.07) is 0. The minimum atomic E-state index is -0.394. The van der Waals surface area contributed by atoms with E-state index in [1.807, 2.05) is 0 Å². The van der Waals surface area contributed by atoms with Crippen molar-refractivity contribution >= 4 is 5.97 Å². The molecule has 1 aliphatic carbocycles. The molecule has 5 heteroatoms. The standard InChI is InChI=1S/C8H11N3O2/c1-11-7(5-3-4-5)6(9-10-11)8(12)13-2/h5H,3-4H2,1-2H3. The Morgan fingerprint density at radius 1 is 1.62 bits per heavy atom. The molecule has 0 bridgehead atoms. The van der Waals surface area contributed by atoms with Crippen LogP contribution in [0.5, 0.6) is 0 Å². The van der Waals surface area contributed by atoms with Gasteiger partial charge in [-0.15, -0.1) is 5.10 Å². The molecule has 1 aromatic heterocycles. The van der Waals surface area contributed by atoms with Crippen LogP contribution in [-0.2, 0) is 11.8 Å². The molecule has 1 aromatic rings. The summed E-state index contributed by atoms with van der Waals surface area (Å²) in [6.07, 6.45) is 2.23. The van der Waals surface area contributed by atoms with Gasteiger partial charge in [0.25, 0.3) is 0 Å². The predicted molar refractivity (Wildman–Crippen MR) is 44.3 cm³/mol. The molecule has 1 fully saturated rings. The summed E-state index contributed by atoms with van der Waals surface area (Å²) in [7, 11) is 3.15. The van der Waals surface area contributed by atoms with Gasteiger partial charge in [-0.25, -0.2) is 4.79 Å². The average molecular weight is 181 g/mol. The fourth-order valence-corrected chi connectivity index (χ4v) is 1.42. The third-order valence-electron chi connectivity index (χ3n) is 2.21. The van der Waals surface area contributed by atoms with E-state index in [4.69, 9.17) is 0 Å². The highest BCUT2D eigenvalue weighted by Crippen LogP contribution is 2.40. The first-order valence-electron chi connectivity index (χ1n) is 4.22. The summed E-state index contributed by atoms with van der Waals surface area (Å²) in [5.74, 6) is 0.0594. The summed E-state index contributed by atoms with van der Waals surface area (Å²) in [4.78, 5) is 11.2. The van der Waals surface area contributed by atoms with E-state index in [2.05, 4.69) is 15.0 Å². The zero-order valence-corrected chi connectivity index (χ0v) is 7.65. The normalized spacial score (nSPS) is 15.8. The molecule has 0 radical (unpaired) electrons. The van der Waals surface area contributed by atoms with Crippen LogP contribution >= 0.6 is 0 Å². The first-order chi connectivity index (χ1) is 6.24. The highest BCUT2D eigenvalue weighted by Gasteiger charge is 2.33. The van der Waals surface area contributed by atoms with Gasteiger partial charge in [0.15, 0.2) is 5.69 Å². The Morgan fingerprint density at radius 3 is 2.85 bits per heavy atom. The molecule has 5 nitrogen and oxygen atoms in total. The number of aromatic nitrogens is 3. The second-order valence-corrected chi connectivity index (χ2v) is 3.21. The molecule has 13 heavy (non-hydrogen) atoms. The van der Waals surface area contributed by atoms with Crippen molar-refractivity contribution in [2.24, 2.45) is 7.05 Å². The third-order valence-corrected chi connectivity index (χ3v) is 2.21. The number of ether oxygens (including phenoxy) is 1. The number of methoxy groups -OCH3 is 1. The molecular formula is C8H11N3O2. The molecule has 1 aliphatic rings. The quantitative estimate of drug-likeness (QED) is 0.622. The lowest BCUT2D eigenvalue weighted by Crippen LogP contribution is -2.06. The van der Waals surface area contributed by atoms with Crippen molar-refractivity contribution in [2.45, 2.75) is 18.8 Å². The molecule has 70 valence electrons. The summed E-state index contributed by atoms with van der Waals surface area (Å²) >= 11 is 0. The van der Waals surface area contributed by atoms with Crippen molar-refractivity contribution in [2.75, 3.05) is 7.11 Å². The van der Waals surface area contributed by atoms with Crippen molar-refractivity contribution in [3.05, 3.63) is 11.4 Å². The molecule has 0 N–H and O–H groups in total. The van der Waals surface area contributed by atoms with E-state index < -0.39 is 5.97 Å². The fraction of sp³-hybridized carbons (Fsp3) is 0.625. The molecular weight excluding hydrogens is 170 g/mol. The number of aryl methyl sites for hydroxylation is 1. The van der Waals surface area contributed by atoms with Crippen LogP contribution < -0.4 is 0 Å². The van der Waals surface area contributed by atoms with Gasteiger partial charge in [-0.3, -0.25) is 4.68 Å². The molecule has 2 rings (SSSR count). The summed E-state index contributed by atoms with van der Waals surface area (Å²) in [5, 5.41) is 7.60. The van der Waals surface area contributed by atoms with E-state index in [1.54, 1.807) is 11.7 Å². The number of hydrogen-bond donors (Lipinski definition) is 0. The van der Waals surface area contributed by atoms with Crippen molar-refractivity contribution in [3.63, 3.8) is 0 Å². The van der Waals surface area contributed by atoms with Crippen LogP contribution in [0.4, 0.5) is 0 Å². The molecule has 0 atom stereocenters. The first kappa shape index (κ1) is 8.22. The first-order valence-corrected chi connectivity index (χ1v) is 4.22. The minimum Gasteiger partial charge on any atom is -0.464 e. The average Bonchev–Trinajstić information content (AvgIpc) is 2.89. The Morgan fingerprint density at radius 2 is 2.31 bits per heavy atom. The summed E-state index contributed by atoms with van der Waals surface area (Å²) < 4.78 is 6.27. The Kier molecular flexibility index (Phi) is 1.79. The topological polar surface area (TPSA) is 57.0 Å². The predicted octanol–water partition coefficient (Wildman–Crippen LogP) is 0.479. The van der Waals surface area contributed by atoms with Crippen molar-refractivity contribution in [1.82, 2.24) is 15.0 Å². The number of carbonyl (C=O) groups is 1. The second kappa shape index (κ2) is 2.83. The number of esters is 1. The fourth-order valence-electron chi connectivity index (χ4n) is 1.42. The Hall–Kier alpha value is -1.39. The second-order valence-electron chi connectivity index (χ2n) is 3.21. The smallest absolute Gasteiger partial charge is 0.360 e. The van der Waals surface area contributed by atoms with Crippen LogP contribution in [0.3, 0.4) is 0 Å². The summed E-state index contributed by atoms with van der Waals surface area (Å²) in [6.45, 7) is 0. The van der Waals surface area contributed by atoms with Crippen molar-refractivity contribution in [3.8, 4) is 0 Å². The molecule has 0 saturated heterocycles. The maximum absolute atomic E-state index is 11.2. The van der Waals surface area contributed by atoms with Gasteiger partial charge >= 0.3 is 5.97 Å². The van der Waals surface area contributed by atoms with E-state index in [-0.39, 0.29) is 0 Å². The van der Waals surface area contributed by atoms with Crippen LogP contribution in [0.25, 0.3) is 0 Å². The van der Waals surface area contributed by atoms with E-state index in [1.165, 1.54) is 7.11 Å². The maximum Gasteiger partial charge on any atom is 0.360 e. The van der Waals surface area contributed by atoms with Gasteiger partial charge in [0, 0.05) is 13.0 Å². The van der Waals surface area contributed by atoms with Gasteiger partial charge in [0.2, 0.25) is 0 Å².